The number of ether oxygens (including phenoxy) is 1. The van der Waals surface area contributed by atoms with Crippen LogP contribution in [0.3, 0.4) is 0 Å². The molecule has 0 atom stereocenters. The Kier molecular flexibility index (Phi) is 7.41. The van der Waals surface area contributed by atoms with E-state index in [0.29, 0.717) is 0 Å². The summed E-state index contributed by atoms with van der Waals surface area (Å²) in [5, 5.41) is 2.13. The van der Waals surface area contributed by atoms with Gasteiger partial charge in [-0.25, -0.2) is 0 Å². The van der Waals surface area contributed by atoms with E-state index in [1.165, 1.54) is 22.3 Å². The van der Waals surface area contributed by atoms with Crippen molar-refractivity contribution in [2.75, 3.05) is 9.80 Å². The fourth-order valence-corrected chi connectivity index (χ4v) is 9.64. The smallest absolute Gasteiger partial charge is 0.137 e. The van der Waals surface area contributed by atoms with Gasteiger partial charge in [-0.1, -0.05) is 121 Å². The van der Waals surface area contributed by atoms with Gasteiger partial charge in [0.2, 0.25) is 0 Å². The first-order chi connectivity index (χ1) is 29.3. The summed E-state index contributed by atoms with van der Waals surface area (Å²) in [4.78, 5) is 4.61. The minimum absolute atomic E-state index is 0.566. The van der Waals surface area contributed by atoms with Gasteiger partial charge in [0.15, 0.2) is 0 Å². The summed E-state index contributed by atoms with van der Waals surface area (Å²) in [7, 11) is 0. The molecule has 0 bridgehead atoms. The number of hydrogen-bond acceptors (Lipinski definition) is 4. The highest BCUT2D eigenvalue weighted by atomic mass is 16.5. The van der Waals surface area contributed by atoms with E-state index in [-0.39, 0.29) is 0 Å². The van der Waals surface area contributed by atoms with E-state index in [9.17, 15) is 0 Å². The molecule has 0 radical (unpaired) electrons. The Morgan fingerprint density at radius 1 is 0.305 bits per heavy atom. The third-order valence-corrected chi connectivity index (χ3v) is 12.1. The van der Waals surface area contributed by atoms with Gasteiger partial charge in [-0.2, -0.15) is 0 Å². The van der Waals surface area contributed by atoms with Crippen LogP contribution >= 0.6 is 0 Å². The lowest BCUT2D eigenvalue weighted by Gasteiger charge is -2.40. The molecule has 278 valence electrons. The lowest BCUT2D eigenvalue weighted by Crippen LogP contribution is -2.32. The first-order valence-electron chi connectivity index (χ1n) is 20.1. The first-order valence-corrected chi connectivity index (χ1v) is 20.1. The molecule has 0 saturated carbocycles. The summed E-state index contributed by atoms with van der Waals surface area (Å²) >= 11 is 0. The molecule has 2 heterocycles. The Morgan fingerprint density at radius 3 is 1.42 bits per heavy atom. The van der Waals surface area contributed by atoms with Crippen LogP contribution in [-0.2, 0) is 5.41 Å². The van der Waals surface area contributed by atoms with E-state index in [0.717, 1.165) is 78.7 Å². The van der Waals surface area contributed by atoms with Crippen molar-refractivity contribution in [1.29, 1.82) is 0 Å². The van der Waals surface area contributed by atoms with E-state index >= 15 is 0 Å². The summed E-state index contributed by atoms with van der Waals surface area (Å²) in [6.45, 7) is 0. The van der Waals surface area contributed by atoms with Crippen LogP contribution in [0.5, 0.6) is 11.5 Å². The number of para-hydroxylation sites is 4. The number of benzene rings is 9. The predicted molar refractivity (Wildman–Crippen MR) is 240 cm³/mol. The Labute approximate surface area is 342 Å². The third kappa shape index (κ3) is 5.03. The van der Waals surface area contributed by atoms with E-state index in [4.69, 9.17) is 9.15 Å². The van der Waals surface area contributed by atoms with Crippen molar-refractivity contribution < 1.29 is 9.15 Å². The molecule has 10 aromatic rings. The van der Waals surface area contributed by atoms with Crippen LogP contribution in [0.2, 0.25) is 0 Å². The van der Waals surface area contributed by atoms with Crippen molar-refractivity contribution in [2.45, 2.75) is 5.41 Å². The molecule has 1 aliphatic carbocycles. The molecule has 0 N–H and O–H groups in total. The average Bonchev–Trinajstić information content (AvgIpc) is 3.81. The van der Waals surface area contributed by atoms with Gasteiger partial charge in [0, 0.05) is 62.1 Å². The topological polar surface area (TPSA) is 28.9 Å². The number of hydrogen-bond donors (Lipinski definition) is 0. The molecule has 4 nitrogen and oxygen atoms in total. The molecule has 1 spiro atoms. The highest BCUT2D eigenvalue weighted by Gasteiger charge is 2.51. The second-order valence-electron chi connectivity index (χ2n) is 15.3. The maximum Gasteiger partial charge on any atom is 0.137 e. The Morgan fingerprint density at radius 2 is 0.780 bits per heavy atom. The highest BCUT2D eigenvalue weighted by molar-refractivity contribution is 6.08. The molecule has 0 fully saturated rings. The van der Waals surface area contributed by atoms with E-state index < -0.39 is 5.41 Å². The van der Waals surface area contributed by atoms with Crippen molar-refractivity contribution in [2.24, 2.45) is 0 Å². The van der Waals surface area contributed by atoms with Gasteiger partial charge < -0.3 is 19.0 Å². The molecule has 59 heavy (non-hydrogen) atoms. The normalized spacial score (nSPS) is 13.0. The van der Waals surface area contributed by atoms with Crippen LogP contribution in [0.4, 0.5) is 34.1 Å². The van der Waals surface area contributed by atoms with Gasteiger partial charge in [0.1, 0.15) is 22.7 Å². The molecule has 0 unspecified atom stereocenters. The fraction of sp³-hybridized carbons (Fsp3) is 0.0182. The van der Waals surface area contributed by atoms with Crippen molar-refractivity contribution in [3.8, 4) is 22.6 Å². The van der Waals surface area contributed by atoms with E-state index in [1.807, 2.05) is 0 Å². The molecule has 1 aromatic heterocycles. The molecule has 0 amide bonds. The zero-order chi connectivity index (χ0) is 38.9. The van der Waals surface area contributed by atoms with Crippen molar-refractivity contribution in [3.63, 3.8) is 0 Å². The molecular formula is C55H36N2O2. The Balaban J connectivity index is 1.03. The Bertz CT molecular complexity index is 3120. The predicted octanol–water partition coefficient (Wildman–Crippen LogP) is 15.0. The van der Waals surface area contributed by atoms with Crippen LogP contribution < -0.4 is 14.5 Å². The second kappa shape index (κ2) is 13.1. The quantitative estimate of drug-likeness (QED) is 0.169. The lowest BCUT2D eigenvalue weighted by molar-refractivity contribution is 0.436. The zero-order valence-electron chi connectivity index (χ0n) is 32.0. The average molecular weight is 757 g/mol. The summed E-state index contributed by atoms with van der Waals surface area (Å²) < 4.78 is 13.5. The number of nitrogens with zero attached hydrogens (tertiary/aromatic N) is 2. The van der Waals surface area contributed by atoms with Gasteiger partial charge in [0.05, 0.1) is 5.41 Å². The molecule has 12 rings (SSSR count). The van der Waals surface area contributed by atoms with Crippen molar-refractivity contribution in [3.05, 3.63) is 241 Å². The number of fused-ring (bicyclic) bond motifs is 12. The van der Waals surface area contributed by atoms with Crippen LogP contribution in [0.15, 0.2) is 223 Å². The molecule has 4 heteroatoms. The third-order valence-electron chi connectivity index (χ3n) is 12.1. The largest absolute Gasteiger partial charge is 0.457 e. The number of furan rings is 1. The SMILES string of the molecule is c1ccc(N(c2ccc3c(c2)C2(c4ccccc4O3)c3ccccc3-c3ccccc32)c2ccc3c(c2)oc2ccc(N(c4ccccc4)c4ccccc4)cc23)cc1. The van der Waals surface area contributed by atoms with Crippen molar-refractivity contribution >= 4 is 56.1 Å². The standard InChI is InChI=1S/C55H36N2O2/c1-4-16-37(17-5-1)56(38-18-6-2-7-19-38)40-29-32-51-46(34-40)45-31-28-42(36-54(45)58-51)57(39-20-8-3-9-21-39)41-30-33-53-50(35-41)55(49-26-14-15-27-52(49)59-53)47-24-12-10-22-43(47)44-23-11-13-25-48(44)55/h1-36H. The Hall–Kier alpha value is -7.82. The second-order valence-corrected chi connectivity index (χ2v) is 15.3. The molecule has 0 saturated heterocycles. The molecular weight excluding hydrogens is 721 g/mol. The van der Waals surface area contributed by atoms with E-state index in [2.05, 4.69) is 228 Å². The summed E-state index contributed by atoms with van der Waals surface area (Å²) in [6, 6.07) is 77.6. The van der Waals surface area contributed by atoms with Crippen LogP contribution in [0.25, 0.3) is 33.1 Å². The number of rotatable bonds is 6. The van der Waals surface area contributed by atoms with Gasteiger partial charge in [-0.05, 0) is 113 Å². The number of anilines is 6. The van der Waals surface area contributed by atoms with Gasteiger partial charge >= 0.3 is 0 Å². The molecule has 1 aliphatic heterocycles. The fourth-order valence-electron chi connectivity index (χ4n) is 9.64. The van der Waals surface area contributed by atoms with Crippen molar-refractivity contribution in [1.82, 2.24) is 0 Å². The minimum atomic E-state index is -0.566. The van der Waals surface area contributed by atoms with Gasteiger partial charge in [-0.15, -0.1) is 0 Å². The lowest BCUT2D eigenvalue weighted by atomic mass is 9.66. The van der Waals surface area contributed by atoms with Crippen LogP contribution in [0.1, 0.15) is 22.3 Å². The van der Waals surface area contributed by atoms with Gasteiger partial charge in [0.25, 0.3) is 0 Å². The minimum Gasteiger partial charge on any atom is -0.457 e. The highest BCUT2D eigenvalue weighted by Crippen LogP contribution is 2.62. The monoisotopic (exact) mass is 756 g/mol. The first kappa shape index (κ1) is 33.3. The maximum absolute atomic E-state index is 6.78. The van der Waals surface area contributed by atoms with Gasteiger partial charge in [-0.3, -0.25) is 0 Å². The zero-order valence-corrected chi connectivity index (χ0v) is 32.0. The summed E-state index contributed by atoms with van der Waals surface area (Å²) in [5.74, 6) is 1.74. The maximum atomic E-state index is 6.78. The van der Waals surface area contributed by atoms with Crippen LogP contribution in [-0.4, -0.2) is 0 Å². The molecule has 9 aromatic carbocycles. The van der Waals surface area contributed by atoms with E-state index in [1.54, 1.807) is 0 Å². The summed E-state index contributed by atoms with van der Waals surface area (Å²) in [5.41, 5.74) is 14.7. The summed E-state index contributed by atoms with van der Waals surface area (Å²) in [6.07, 6.45) is 0. The van der Waals surface area contributed by atoms with Crippen LogP contribution in [0, 0.1) is 0 Å². The molecule has 2 aliphatic rings.